The summed E-state index contributed by atoms with van der Waals surface area (Å²) in [5.41, 5.74) is 4.05. The van der Waals surface area contributed by atoms with E-state index in [-0.39, 0.29) is 40.0 Å². The number of rotatable bonds is 11. The van der Waals surface area contributed by atoms with Crippen molar-refractivity contribution in [3.8, 4) is 28.5 Å². The molecule has 1 N–H and O–H groups in total. The third-order valence-electron chi connectivity index (χ3n) is 10.1. The molecule has 264 valence electrons. The molecule has 0 bridgehead atoms. The van der Waals surface area contributed by atoms with Crippen molar-refractivity contribution in [3.63, 3.8) is 0 Å². The number of ether oxygens (including phenoxy) is 2. The Balaban J connectivity index is 1.07. The van der Waals surface area contributed by atoms with E-state index < -0.39 is 10.0 Å². The first-order valence-corrected chi connectivity index (χ1v) is 19.6. The number of fused-ring (bicyclic) bond motifs is 3. The number of hydrogen-bond acceptors (Lipinski definition) is 8. The Morgan fingerprint density at radius 2 is 1.73 bits per heavy atom. The number of aromatic nitrogens is 1. The minimum absolute atomic E-state index is 0.0472. The van der Waals surface area contributed by atoms with Gasteiger partial charge in [0.25, 0.3) is 15.3 Å². The summed E-state index contributed by atoms with van der Waals surface area (Å²) in [5, 5.41) is 1.41. The molecule has 4 heterocycles. The highest BCUT2D eigenvalue weighted by molar-refractivity contribution is 8.14. The number of pyridine rings is 1. The van der Waals surface area contributed by atoms with Crippen molar-refractivity contribution in [3.05, 3.63) is 127 Å². The highest BCUT2D eigenvalue weighted by atomic mass is 32.2. The Kier molecular flexibility index (Phi) is 9.25. The van der Waals surface area contributed by atoms with E-state index >= 15 is 0 Å². The summed E-state index contributed by atoms with van der Waals surface area (Å²) in [6, 6.07) is 34.1. The molecule has 6 aromatic rings. The molecule has 2 fully saturated rings. The van der Waals surface area contributed by atoms with Gasteiger partial charge in [-0.25, -0.2) is 18.1 Å². The Morgan fingerprint density at radius 3 is 2.50 bits per heavy atom. The van der Waals surface area contributed by atoms with E-state index in [1.165, 1.54) is 11.8 Å². The zero-order chi connectivity index (χ0) is 35.8. The molecular formula is C41H37N3O6S2. The molecule has 0 saturated carbocycles. The van der Waals surface area contributed by atoms with Gasteiger partial charge in [-0.2, -0.15) is 0 Å². The third-order valence-corrected chi connectivity index (χ3v) is 12.6. The predicted molar refractivity (Wildman–Crippen MR) is 204 cm³/mol. The molecule has 2 saturated heterocycles. The summed E-state index contributed by atoms with van der Waals surface area (Å²) >= 11 is 1.35. The molecule has 0 radical (unpaired) electrons. The van der Waals surface area contributed by atoms with E-state index in [0.717, 1.165) is 51.0 Å². The van der Waals surface area contributed by atoms with Crippen molar-refractivity contribution < 1.29 is 27.1 Å². The minimum Gasteiger partial charge on any atom is -0.497 e. The molecule has 4 atom stereocenters. The summed E-state index contributed by atoms with van der Waals surface area (Å²) in [5.74, 6) is 2.14. The van der Waals surface area contributed by atoms with Crippen LogP contribution in [0, 0.1) is 11.8 Å². The van der Waals surface area contributed by atoms with E-state index in [9.17, 15) is 13.2 Å². The Hall–Kier alpha value is -5.10. The SMILES string of the molecule is C=C[C@@H](CNS(=O)(=O)c1cc2ccccc2o1)[C@H]1CCN2C(=O)S[C@@H](c3cc(-c4ccc(Oc5ccccc5)cc4)nc4ccc(OC)cc34)[C@@H]2C1. The maximum atomic E-state index is 13.5. The summed E-state index contributed by atoms with van der Waals surface area (Å²) < 4.78 is 46.6. The Morgan fingerprint density at radius 1 is 0.981 bits per heavy atom. The second-order valence-electron chi connectivity index (χ2n) is 13.1. The van der Waals surface area contributed by atoms with Crippen LogP contribution in [0.1, 0.15) is 23.7 Å². The molecule has 0 aliphatic carbocycles. The highest BCUT2D eigenvalue weighted by Crippen LogP contribution is 2.51. The summed E-state index contributed by atoms with van der Waals surface area (Å²) in [6.45, 7) is 4.84. The van der Waals surface area contributed by atoms with Crippen molar-refractivity contribution in [2.24, 2.45) is 11.8 Å². The summed E-state index contributed by atoms with van der Waals surface area (Å²) in [4.78, 5) is 20.6. The van der Waals surface area contributed by atoms with Gasteiger partial charge in [0.2, 0.25) is 5.09 Å². The zero-order valence-corrected chi connectivity index (χ0v) is 30.1. The number of hydrogen-bond donors (Lipinski definition) is 1. The number of amides is 1. The molecule has 8 rings (SSSR count). The summed E-state index contributed by atoms with van der Waals surface area (Å²) in [7, 11) is -2.25. The van der Waals surface area contributed by atoms with Gasteiger partial charge in [-0.3, -0.25) is 4.79 Å². The number of methoxy groups -OCH3 is 1. The highest BCUT2D eigenvalue weighted by Gasteiger charge is 2.46. The lowest BCUT2D eigenvalue weighted by molar-refractivity contribution is 0.135. The number of thioether (sulfide) groups is 1. The van der Waals surface area contributed by atoms with Gasteiger partial charge in [0.05, 0.1) is 23.6 Å². The molecule has 52 heavy (non-hydrogen) atoms. The van der Waals surface area contributed by atoms with Crippen LogP contribution in [0.3, 0.4) is 0 Å². The third kappa shape index (κ3) is 6.67. The molecule has 1 amide bonds. The zero-order valence-electron chi connectivity index (χ0n) is 28.5. The van der Waals surface area contributed by atoms with Crippen LogP contribution in [0.2, 0.25) is 0 Å². The number of nitrogens with one attached hydrogen (secondary N) is 1. The molecule has 0 unspecified atom stereocenters. The van der Waals surface area contributed by atoms with Crippen LogP contribution < -0.4 is 14.2 Å². The second kappa shape index (κ2) is 14.1. The topological polar surface area (TPSA) is 111 Å². The molecular weight excluding hydrogens is 695 g/mol. The average Bonchev–Trinajstić information content (AvgIpc) is 3.77. The van der Waals surface area contributed by atoms with Crippen LogP contribution in [-0.2, 0) is 10.0 Å². The first-order valence-electron chi connectivity index (χ1n) is 17.2. The lowest BCUT2D eigenvalue weighted by Crippen LogP contribution is -2.44. The van der Waals surface area contributed by atoms with Crippen molar-refractivity contribution in [2.75, 3.05) is 20.2 Å². The maximum Gasteiger partial charge on any atom is 0.282 e. The first-order chi connectivity index (χ1) is 25.3. The minimum atomic E-state index is -3.89. The first kappa shape index (κ1) is 34.0. The maximum absolute atomic E-state index is 13.5. The number of piperidine rings is 1. The predicted octanol–water partition coefficient (Wildman–Crippen LogP) is 9.22. The van der Waals surface area contributed by atoms with E-state index in [2.05, 4.69) is 17.4 Å². The van der Waals surface area contributed by atoms with Crippen LogP contribution in [0.15, 0.2) is 131 Å². The average molecular weight is 732 g/mol. The standard InChI is InChI=1S/C41H37N3O6S2/c1-3-26(25-42-52(46,47)39-22-29-9-7-8-12-38(29)50-39)28-19-20-44-37(21-28)40(51-41(44)45)34-24-36(43-35-18-17-32(48-2)23-33(34)35)27-13-15-31(16-14-27)49-30-10-5-4-6-11-30/h3-18,22-24,26,28,37,40,42H,1,19-21,25H2,2H3/t26-,28-,37-,40-/m0/s1. The van der Waals surface area contributed by atoms with E-state index in [1.807, 2.05) is 95.9 Å². The fourth-order valence-corrected chi connectivity index (χ4v) is 9.68. The number of para-hydroxylation sites is 2. The lowest BCUT2D eigenvalue weighted by Gasteiger charge is -2.39. The quantitative estimate of drug-likeness (QED) is 0.131. The molecule has 0 spiro atoms. The van der Waals surface area contributed by atoms with Gasteiger partial charge in [0.1, 0.15) is 22.8 Å². The number of furan rings is 1. The Labute approximate surface area is 306 Å². The molecule has 11 heteroatoms. The molecule has 4 aromatic carbocycles. The summed E-state index contributed by atoms with van der Waals surface area (Å²) in [6.07, 6.45) is 3.27. The van der Waals surface area contributed by atoms with Crippen molar-refractivity contribution in [1.29, 1.82) is 0 Å². The van der Waals surface area contributed by atoms with Gasteiger partial charge >= 0.3 is 0 Å². The van der Waals surface area contributed by atoms with Gasteiger partial charge < -0.3 is 18.8 Å². The van der Waals surface area contributed by atoms with Gasteiger partial charge in [-0.1, -0.05) is 54.2 Å². The van der Waals surface area contributed by atoms with E-state index in [4.69, 9.17) is 18.9 Å². The van der Waals surface area contributed by atoms with Gasteiger partial charge in [0.15, 0.2) is 0 Å². The molecule has 9 nitrogen and oxygen atoms in total. The van der Waals surface area contributed by atoms with Crippen molar-refractivity contribution >= 4 is 48.9 Å². The molecule has 2 aliphatic heterocycles. The van der Waals surface area contributed by atoms with Crippen LogP contribution >= 0.6 is 11.8 Å². The second-order valence-corrected chi connectivity index (χ2v) is 15.9. The lowest BCUT2D eigenvalue weighted by atomic mass is 9.79. The number of carbonyl (C=O) groups is 1. The smallest absolute Gasteiger partial charge is 0.282 e. The molecule has 2 aliphatic rings. The van der Waals surface area contributed by atoms with Crippen molar-refractivity contribution in [1.82, 2.24) is 14.6 Å². The van der Waals surface area contributed by atoms with Gasteiger partial charge in [0, 0.05) is 41.5 Å². The normalized spacial score (nSPS) is 19.4. The monoisotopic (exact) mass is 731 g/mol. The van der Waals surface area contributed by atoms with Crippen LogP contribution in [-0.4, -0.2) is 49.8 Å². The number of nitrogens with zero attached hydrogens (tertiary/aromatic N) is 2. The largest absolute Gasteiger partial charge is 0.497 e. The fraction of sp³-hybridized carbons (Fsp3) is 0.220. The van der Waals surface area contributed by atoms with Crippen LogP contribution in [0.5, 0.6) is 17.2 Å². The Bertz CT molecular complexity index is 2350. The van der Waals surface area contributed by atoms with E-state index in [0.29, 0.717) is 24.3 Å². The number of sulfonamides is 1. The molecule has 2 aromatic heterocycles. The fourth-order valence-electron chi connectivity index (χ4n) is 7.32. The van der Waals surface area contributed by atoms with Crippen LogP contribution in [0.4, 0.5) is 4.79 Å². The van der Waals surface area contributed by atoms with E-state index in [1.54, 1.807) is 25.3 Å². The number of carbonyl (C=O) groups excluding carboxylic acids is 1. The number of benzene rings is 4. The van der Waals surface area contributed by atoms with Gasteiger partial charge in [-0.05, 0) is 97.0 Å². The van der Waals surface area contributed by atoms with Crippen molar-refractivity contribution in [2.45, 2.75) is 29.2 Å². The van der Waals surface area contributed by atoms with Crippen LogP contribution in [0.25, 0.3) is 33.1 Å². The van der Waals surface area contributed by atoms with Gasteiger partial charge in [-0.15, -0.1) is 6.58 Å².